The Morgan fingerprint density at radius 1 is 1.03 bits per heavy atom. The first-order valence-corrected chi connectivity index (χ1v) is 12.0. The third-order valence-corrected chi connectivity index (χ3v) is 6.78. The fourth-order valence-electron chi connectivity index (χ4n) is 4.24. The topological polar surface area (TPSA) is 88.8 Å². The Hall–Kier alpha value is -3.36. The highest BCUT2D eigenvalue weighted by atomic mass is 35.5. The van der Waals surface area contributed by atoms with Gasteiger partial charge in [-0.25, -0.2) is 14.8 Å². The van der Waals surface area contributed by atoms with Gasteiger partial charge in [-0.2, -0.15) is 0 Å². The van der Waals surface area contributed by atoms with Crippen molar-refractivity contribution in [1.82, 2.24) is 14.9 Å². The maximum absolute atomic E-state index is 13.2. The van der Waals surface area contributed by atoms with Crippen molar-refractivity contribution in [3.63, 3.8) is 0 Å². The minimum atomic E-state index is -0.570. The summed E-state index contributed by atoms with van der Waals surface area (Å²) in [5.74, 6) is 0.0135. The fraction of sp³-hybridized carbons (Fsp3) is 0.280. The quantitative estimate of drug-likeness (QED) is 0.350. The maximum atomic E-state index is 13.2. The number of esters is 1. The lowest BCUT2D eigenvalue weighted by molar-refractivity contribution is 0.0519. The second-order valence-electron chi connectivity index (χ2n) is 8.20. The van der Waals surface area contributed by atoms with E-state index >= 15 is 0 Å². The number of rotatable bonds is 4. The van der Waals surface area contributed by atoms with E-state index in [2.05, 4.69) is 9.97 Å². The van der Waals surface area contributed by atoms with E-state index in [1.165, 1.54) is 0 Å². The summed E-state index contributed by atoms with van der Waals surface area (Å²) in [7, 11) is 0. The van der Waals surface area contributed by atoms with E-state index in [1.54, 1.807) is 24.0 Å². The summed E-state index contributed by atoms with van der Waals surface area (Å²) in [5.41, 5.74) is 2.58. The number of nitrogens with zero attached hydrogens (tertiary/aromatic N) is 4. The SMILES string of the molecule is CCOC(=O)c1nc2cc(Cl)c(Cl)cc2nc1N1CCN(C(=O)c2oc3ccccc3c2C)CC1. The fourth-order valence-corrected chi connectivity index (χ4v) is 4.56. The minimum Gasteiger partial charge on any atom is -0.461 e. The summed E-state index contributed by atoms with van der Waals surface area (Å²) in [6.45, 7) is 5.60. The molecule has 2 aromatic heterocycles. The van der Waals surface area contributed by atoms with Crippen LogP contribution >= 0.6 is 23.2 Å². The first kappa shape index (κ1) is 23.4. The molecule has 1 saturated heterocycles. The van der Waals surface area contributed by atoms with Crippen molar-refractivity contribution < 1.29 is 18.7 Å². The van der Waals surface area contributed by atoms with Crippen LogP contribution in [0.2, 0.25) is 10.0 Å². The van der Waals surface area contributed by atoms with Crippen LogP contribution in [0.1, 0.15) is 33.5 Å². The second kappa shape index (κ2) is 9.36. The molecule has 8 nitrogen and oxygen atoms in total. The number of furan rings is 1. The van der Waals surface area contributed by atoms with Crippen LogP contribution in [-0.2, 0) is 4.74 Å². The number of aryl methyl sites for hydroxylation is 1. The summed E-state index contributed by atoms with van der Waals surface area (Å²) in [5, 5.41) is 1.60. The number of piperazine rings is 1. The van der Waals surface area contributed by atoms with Gasteiger partial charge in [0.15, 0.2) is 17.3 Å². The van der Waals surface area contributed by atoms with Gasteiger partial charge in [0.25, 0.3) is 5.91 Å². The van der Waals surface area contributed by atoms with Crippen LogP contribution in [0.3, 0.4) is 0 Å². The van der Waals surface area contributed by atoms with Crippen molar-refractivity contribution in [3.8, 4) is 0 Å². The number of ether oxygens (including phenoxy) is 1. The lowest BCUT2D eigenvalue weighted by Gasteiger charge is -2.35. The highest BCUT2D eigenvalue weighted by Gasteiger charge is 2.30. The zero-order valence-electron chi connectivity index (χ0n) is 19.2. The molecule has 0 aliphatic carbocycles. The molecular formula is C25H22Cl2N4O4. The van der Waals surface area contributed by atoms with E-state index in [9.17, 15) is 9.59 Å². The smallest absolute Gasteiger partial charge is 0.360 e. The van der Waals surface area contributed by atoms with Crippen LogP contribution < -0.4 is 4.90 Å². The van der Waals surface area contributed by atoms with E-state index < -0.39 is 5.97 Å². The molecule has 4 aromatic rings. The highest BCUT2D eigenvalue weighted by Crippen LogP contribution is 2.30. The molecule has 0 saturated carbocycles. The van der Waals surface area contributed by atoms with Crippen molar-refractivity contribution in [2.75, 3.05) is 37.7 Å². The number of hydrogen-bond donors (Lipinski definition) is 0. The Bertz CT molecular complexity index is 1460. The summed E-state index contributed by atoms with van der Waals surface area (Å²) < 4.78 is 11.1. The molecule has 1 aliphatic heterocycles. The average Bonchev–Trinajstić information content (AvgIpc) is 3.20. The van der Waals surface area contributed by atoms with Gasteiger partial charge in [-0.15, -0.1) is 0 Å². The molecule has 0 radical (unpaired) electrons. The monoisotopic (exact) mass is 512 g/mol. The van der Waals surface area contributed by atoms with Gasteiger partial charge in [0.05, 0.1) is 27.7 Å². The molecule has 0 bridgehead atoms. The molecule has 35 heavy (non-hydrogen) atoms. The summed E-state index contributed by atoms with van der Waals surface area (Å²) >= 11 is 12.3. The van der Waals surface area contributed by atoms with E-state index in [0.717, 1.165) is 10.9 Å². The van der Waals surface area contributed by atoms with E-state index in [-0.39, 0.29) is 18.2 Å². The van der Waals surface area contributed by atoms with Gasteiger partial charge in [-0.3, -0.25) is 4.79 Å². The summed E-state index contributed by atoms with van der Waals surface area (Å²) in [4.78, 5) is 38.8. The predicted molar refractivity (Wildman–Crippen MR) is 135 cm³/mol. The molecule has 0 spiro atoms. The number of amides is 1. The number of hydrogen-bond acceptors (Lipinski definition) is 7. The van der Waals surface area contributed by atoms with Gasteiger partial charge < -0.3 is 19.0 Å². The van der Waals surface area contributed by atoms with Crippen molar-refractivity contribution in [3.05, 3.63) is 63.5 Å². The molecule has 180 valence electrons. The maximum Gasteiger partial charge on any atom is 0.360 e. The van der Waals surface area contributed by atoms with E-state index in [0.29, 0.717) is 64.4 Å². The number of halogens is 2. The second-order valence-corrected chi connectivity index (χ2v) is 9.02. The molecule has 2 aromatic carbocycles. The Labute approximate surface area is 211 Å². The molecule has 5 rings (SSSR count). The number of anilines is 1. The number of carbonyl (C=O) groups is 2. The Kier molecular flexibility index (Phi) is 6.25. The Morgan fingerprint density at radius 3 is 2.34 bits per heavy atom. The predicted octanol–water partition coefficient (Wildman–Crippen LogP) is 5.13. The van der Waals surface area contributed by atoms with Crippen LogP contribution in [-0.4, -0.2) is 59.5 Å². The lowest BCUT2D eigenvalue weighted by Crippen LogP contribution is -2.49. The molecule has 3 heterocycles. The zero-order valence-corrected chi connectivity index (χ0v) is 20.7. The Balaban J connectivity index is 1.42. The first-order valence-electron chi connectivity index (χ1n) is 11.2. The lowest BCUT2D eigenvalue weighted by atomic mass is 10.1. The molecule has 1 aliphatic rings. The zero-order chi connectivity index (χ0) is 24.7. The molecular weight excluding hydrogens is 491 g/mol. The number of benzene rings is 2. The van der Waals surface area contributed by atoms with Crippen molar-refractivity contribution >= 4 is 62.9 Å². The molecule has 1 amide bonds. The van der Waals surface area contributed by atoms with Crippen molar-refractivity contribution in [1.29, 1.82) is 0 Å². The number of fused-ring (bicyclic) bond motifs is 2. The molecule has 0 N–H and O–H groups in total. The third-order valence-electron chi connectivity index (χ3n) is 6.06. The van der Waals surface area contributed by atoms with Crippen molar-refractivity contribution in [2.24, 2.45) is 0 Å². The normalized spacial score (nSPS) is 14.1. The molecule has 0 unspecified atom stereocenters. The van der Waals surface area contributed by atoms with Crippen LogP contribution in [0.25, 0.3) is 22.0 Å². The third kappa shape index (κ3) is 4.28. The van der Waals surface area contributed by atoms with Crippen molar-refractivity contribution in [2.45, 2.75) is 13.8 Å². The van der Waals surface area contributed by atoms with Gasteiger partial charge in [0.1, 0.15) is 5.58 Å². The number of para-hydroxylation sites is 1. The molecule has 1 fully saturated rings. The standard InChI is InChI=1S/C25H22Cl2N4O4/c1-3-34-25(33)21-23(29-19-13-17(27)16(26)12-18(19)28-21)30-8-10-31(11-9-30)24(32)22-14(2)15-6-4-5-7-20(15)35-22/h4-7,12-13H,3,8-11H2,1-2H3. The van der Waals surface area contributed by atoms with Gasteiger partial charge in [-0.1, -0.05) is 41.4 Å². The van der Waals surface area contributed by atoms with E-state index in [4.69, 9.17) is 32.4 Å². The first-order chi connectivity index (χ1) is 16.9. The van der Waals surface area contributed by atoms with Crippen LogP contribution in [0.4, 0.5) is 5.82 Å². The largest absolute Gasteiger partial charge is 0.461 e. The number of aromatic nitrogens is 2. The van der Waals surface area contributed by atoms with Crippen LogP contribution in [0.5, 0.6) is 0 Å². The number of carbonyl (C=O) groups excluding carboxylic acids is 2. The van der Waals surface area contributed by atoms with Gasteiger partial charge in [0, 0.05) is 37.1 Å². The minimum absolute atomic E-state index is 0.102. The van der Waals surface area contributed by atoms with E-state index in [1.807, 2.05) is 36.1 Å². The molecule has 0 atom stereocenters. The van der Waals surface area contributed by atoms with Crippen LogP contribution in [0.15, 0.2) is 40.8 Å². The average molecular weight is 513 g/mol. The van der Waals surface area contributed by atoms with Gasteiger partial charge in [-0.05, 0) is 32.0 Å². The molecule has 10 heteroatoms. The summed E-state index contributed by atoms with van der Waals surface area (Å²) in [6.07, 6.45) is 0. The van der Waals surface area contributed by atoms with Gasteiger partial charge >= 0.3 is 5.97 Å². The summed E-state index contributed by atoms with van der Waals surface area (Å²) in [6, 6.07) is 10.8. The highest BCUT2D eigenvalue weighted by molar-refractivity contribution is 6.42. The Morgan fingerprint density at radius 2 is 1.69 bits per heavy atom. The van der Waals surface area contributed by atoms with Crippen LogP contribution in [0, 0.1) is 6.92 Å². The van der Waals surface area contributed by atoms with Gasteiger partial charge in [0.2, 0.25) is 0 Å².